The van der Waals surface area contributed by atoms with Crippen molar-refractivity contribution in [3.05, 3.63) is 35.4 Å². The molecule has 0 fully saturated rings. The van der Waals surface area contributed by atoms with E-state index in [2.05, 4.69) is 25.9 Å². The van der Waals surface area contributed by atoms with Gasteiger partial charge in [0.25, 0.3) is 0 Å². The van der Waals surface area contributed by atoms with Crippen LogP contribution in [0.4, 0.5) is 0 Å². The molecule has 0 aliphatic rings. The lowest BCUT2D eigenvalue weighted by molar-refractivity contribution is -0.167. The number of ether oxygens (including phenoxy) is 4. The number of carbonyl (C=O) groups is 5. The van der Waals surface area contributed by atoms with E-state index in [9.17, 15) is 24.0 Å². The van der Waals surface area contributed by atoms with Crippen LogP contribution >= 0.6 is 0 Å². The van der Waals surface area contributed by atoms with Crippen molar-refractivity contribution >= 4 is 29.7 Å². The van der Waals surface area contributed by atoms with Gasteiger partial charge >= 0.3 is 23.9 Å². The molecule has 0 saturated carbocycles. The van der Waals surface area contributed by atoms with Crippen LogP contribution in [0.2, 0.25) is 0 Å². The molecule has 0 spiro atoms. The molecule has 0 aliphatic heterocycles. The van der Waals surface area contributed by atoms with Gasteiger partial charge in [0.1, 0.15) is 0 Å². The lowest BCUT2D eigenvalue weighted by Gasteiger charge is -2.27. The first-order valence-electron chi connectivity index (χ1n) is 9.71. The first-order valence-corrected chi connectivity index (χ1v) is 9.71. The Labute approximate surface area is 181 Å². The fourth-order valence-corrected chi connectivity index (χ4v) is 3.19. The number of esters is 4. The highest BCUT2D eigenvalue weighted by atomic mass is 16.6. The normalized spacial score (nSPS) is 10.7. The van der Waals surface area contributed by atoms with Gasteiger partial charge in [0.05, 0.1) is 34.4 Å². The predicted octanol–water partition coefficient (Wildman–Crippen LogP) is 1.75. The second-order valence-corrected chi connectivity index (χ2v) is 6.74. The molecule has 0 aromatic heterocycles. The molecule has 1 aromatic rings. The van der Waals surface area contributed by atoms with Crippen molar-refractivity contribution in [1.82, 2.24) is 0 Å². The monoisotopic (exact) mass is 436 g/mol. The Bertz CT molecular complexity index is 730. The van der Waals surface area contributed by atoms with E-state index in [-0.39, 0.29) is 5.56 Å². The smallest absolute Gasteiger partial charge is 0.320 e. The molecule has 0 saturated heterocycles. The fraction of sp³-hybridized carbons (Fsp3) is 0.500. The zero-order valence-corrected chi connectivity index (χ0v) is 18.3. The molecule has 0 amide bonds. The molecule has 0 atom stereocenters. The number of Topliss-reactive ketones (excluding diaryl/α,β-unsaturated/α-hetero) is 1. The molecular weight excluding hydrogens is 408 g/mol. The third-order valence-corrected chi connectivity index (χ3v) is 4.90. The molecule has 0 aliphatic carbocycles. The number of rotatable bonds is 11. The van der Waals surface area contributed by atoms with Crippen LogP contribution < -0.4 is 0 Å². The van der Waals surface area contributed by atoms with Crippen molar-refractivity contribution in [3.8, 4) is 0 Å². The summed E-state index contributed by atoms with van der Waals surface area (Å²) >= 11 is 0. The van der Waals surface area contributed by atoms with Crippen molar-refractivity contribution < 1.29 is 42.9 Å². The van der Waals surface area contributed by atoms with Gasteiger partial charge in [-0.25, -0.2) is 0 Å². The summed E-state index contributed by atoms with van der Waals surface area (Å²) in [6.45, 7) is 2.06. The number of methoxy groups -OCH3 is 4. The maximum absolute atomic E-state index is 13.4. The van der Waals surface area contributed by atoms with Crippen molar-refractivity contribution in [2.45, 2.75) is 26.2 Å². The Morgan fingerprint density at radius 3 is 1.42 bits per heavy atom. The Morgan fingerprint density at radius 2 is 1.10 bits per heavy atom. The highest BCUT2D eigenvalue weighted by Gasteiger charge is 2.52. The van der Waals surface area contributed by atoms with E-state index < -0.39 is 47.4 Å². The average molecular weight is 436 g/mol. The number of ketones is 1. The van der Waals surface area contributed by atoms with Gasteiger partial charge in [-0.2, -0.15) is 0 Å². The minimum Gasteiger partial charge on any atom is -0.468 e. The van der Waals surface area contributed by atoms with Crippen molar-refractivity contribution in [2.24, 2.45) is 17.8 Å². The minimum atomic E-state index is -1.88. The topological polar surface area (TPSA) is 122 Å². The molecule has 0 unspecified atom stereocenters. The van der Waals surface area contributed by atoms with Crippen LogP contribution in [0.25, 0.3) is 0 Å². The van der Waals surface area contributed by atoms with Gasteiger partial charge in [0.15, 0.2) is 17.6 Å². The molecule has 1 rings (SSSR count). The van der Waals surface area contributed by atoms with Crippen LogP contribution in [0.15, 0.2) is 24.3 Å². The summed E-state index contributed by atoms with van der Waals surface area (Å²) in [7, 11) is 4.03. The molecule has 1 aromatic carbocycles. The average Bonchev–Trinajstić information content (AvgIpc) is 2.80. The van der Waals surface area contributed by atoms with Crippen molar-refractivity contribution in [3.63, 3.8) is 0 Å². The standard InChI is InChI=1S/C22H28O9/c1-6-7-8-13-9-11-14(12-10-13)18(23)15(16(19(24)28-2)20(25)29-3)17(21(26)30-4)22(27)31-5/h9-12,15-17H,6-8H2,1-5H3. The van der Waals surface area contributed by atoms with E-state index in [1.165, 1.54) is 12.1 Å². The highest BCUT2D eigenvalue weighted by molar-refractivity contribution is 6.11. The van der Waals surface area contributed by atoms with Gasteiger partial charge in [-0.3, -0.25) is 24.0 Å². The Balaban J connectivity index is 3.57. The van der Waals surface area contributed by atoms with E-state index >= 15 is 0 Å². The van der Waals surface area contributed by atoms with Gasteiger partial charge in [0, 0.05) is 5.56 Å². The fourth-order valence-electron chi connectivity index (χ4n) is 3.19. The molecule has 0 bridgehead atoms. The van der Waals surface area contributed by atoms with Crippen LogP contribution in [0.3, 0.4) is 0 Å². The maximum atomic E-state index is 13.4. The first-order chi connectivity index (χ1) is 14.8. The second-order valence-electron chi connectivity index (χ2n) is 6.74. The highest BCUT2D eigenvalue weighted by Crippen LogP contribution is 2.30. The van der Waals surface area contributed by atoms with Gasteiger partial charge in [-0.1, -0.05) is 37.6 Å². The number of hydrogen-bond acceptors (Lipinski definition) is 9. The van der Waals surface area contributed by atoms with Crippen LogP contribution in [0, 0.1) is 17.8 Å². The van der Waals surface area contributed by atoms with Crippen molar-refractivity contribution in [2.75, 3.05) is 28.4 Å². The predicted molar refractivity (Wildman–Crippen MR) is 108 cm³/mol. The van der Waals surface area contributed by atoms with Crippen molar-refractivity contribution in [1.29, 1.82) is 0 Å². The van der Waals surface area contributed by atoms with E-state index in [0.717, 1.165) is 53.3 Å². The van der Waals surface area contributed by atoms with Crippen LogP contribution in [0.5, 0.6) is 0 Å². The van der Waals surface area contributed by atoms with Gasteiger partial charge in [-0.15, -0.1) is 0 Å². The Morgan fingerprint density at radius 1 is 0.710 bits per heavy atom. The zero-order chi connectivity index (χ0) is 23.6. The van der Waals surface area contributed by atoms with Gasteiger partial charge in [-0.05, 0) is 18.4 Å². The number of carbonyl (C=O) groups excluding carboxylic acids is 5. The molecule has 0 radical (unpaired) electrons. The summed E-state index contributed by atoms with van der Waals surface area (Å²) in [5.41, 5.74) is 1.09. The van der Waals surface area contributed by atoms with Gasteiger partial charge < -0.3 is 18.9 Å². The Kier molecular flexibility index (Phi) is 10.4. The lowest BCUT2D eigenvalue weighted by atomic mass is 9.76. The zero-order valence-electron chi connectivity index (χ0n) is 18.3. The molecule has 9 heteroatoms. The molecule has 31 heavy (non-hydrogen) atoms. The summed E-state index contributed by atoms with van der Waals surface area (Å²) < 4.78 is 18.6. The minimum absolute atomic E-state index is 0.0980. The van der Waals surface area contributed by atoms with E-state index in [1.807, 2.05) is 0 Å². The van der Waals surface area contributed by atoms with Crippen LogP contribution in [0.1, 0.15) is 35.7 Å². The number of aryl methyl sites for hydroxylation is 1. The number of unbranched alkanes of at least 4 members (excludes halogenated alkanes) is 1. The number of benzene rings is 1. The largest absolute Gasteiger partial charge is 0.468 e. The third-order valence-electron chi connectivity index (χ3n) is 4.90. The first kappa shape index (κ1) is 25.8. The SMILES string of the molecule is CCCCc1ccc(C(=O)C(C(C(=O)OC)C(=O)OC)C(C(=O)OC)C(=O)OC)cc1. The quantitative estimate of drug-likeness (QED) is 0.221. The van der Waals surface area contributed by atoms with Crippen LogP contribution in [-0.2, 0) is 44.5 Å². The summed E-state index contributed by atoms with van der Waals surface area (Å²) in [6.07, 6.45) is 2.78. The Hall–Kier alpha value is -3.23. The summed E-state index contributed by atoms with van der Waals surface area (Å²) in [5.74, 6) is -10.9. The molecule has 170 valence electrons. The summed E-state index contributed by atoms with van der Waals surface area (Å²) in [6, 6.07) is 6.49. The van der Waals surface area contributed by atoms with E-state index in [1.54, 1.807) is 12.1 Å². The molecule has 0 N–H and O–H groups in total. The molecule has 9 nitrogen and oxygen atoms in total. The number of hydrogen-bond donors (Lipinski definition) is 0. The lowest BCUT2D eigenvalue weighted by Crippen LogP contribution is -2.47. The van der Waals surface area contributed by atoms with E-state index in [4.69, 9.17) is 0 Å². The van der Waals surface area contributed by atoms with Gasteiger partial charge in [0.2, 0.25) is 0 Å². The third kappa shape index (κ3) is 6.37. The molecule has 0 heterocycles. The second kappa shape index (κ2) is 12.5. The summed E-state index contributed by atoms with van der Waals surface area (Å²) in [5, 5.41) is 0. The maximum Gasteiger partial charge on any atom is 0.320 e. The summed E-state index contributed by atoms with van der Waals surface area (Å²) in [4.78, 5) is 63.0. The van der Waals surface area contributed by atoms with Crippen LogP contribution in [-0.4, -0.2) is 58.1 Å². The molecular formula is C22H28O9. The van der Waals surface area contributed by atoms with E-state index in [0.29, 0.717) is 0 Å².